The Morgan fingerprint density at radius 2 is 1.53 bits per heavy atom. The molecular formula is C8H10F6N2O. The first-order valence-corrected chi connectivity index (χ1v) is 4.71. The van der Waals surface area contributed by atoms with Gasteiger partial charge in [-0.1, -0.05) is 0 Å². The largest absolute Gasteiger partial charge is 0.409 e. The van der Waals surface area contributed by atoms with Crippen LogP contribution in [0, 0.1) is 5.92 Å². The minimum absolute atomic E-state index is 0.189. The van der Waals surface area contributed by atoms with E-state index in [1.807, 2.05) is 0 Å². The summed E-state index contributed by atoms with van der Waals surface area (Å²) in [5.74, 6) is -6.05. The van der Waals surface area contributed by atoms with Crippen LogP contribution in [0.25, 0.3) is 0 Å². The zero-order valence-corrected chi connectivity index (χ0v) is 8.40. The Bertz CT molecular complexity index is 279. The summed E-state index contributed by atoms with van der Waals surface area (Å²) in [5.41, 5.74) is 5.30. The summed E-state index contributed by atoms with van der Waals surface area (Å²) in [6.45, 7) is 0. The monoisotopic (exact) mass is 264 g/mol. The van der Waals surface area contributed by atoms with Crippen LogP contribution in [0.1, 0.15) is 12.8 Å². The van der Waals surface area contributed by atoms with E-state index in [2.05, 4.69) is 0 Å². The van der Waals surface area contributed by atoms with Crippen molar-refractivity contribution in [3.8, 4) is 0 Å². The summed E-state index contributed by atoms with van der Waals surface area (Å²) >= 11 is 0. The van der Waals surface area contributed by atoms with Gasteiger partial charge in [-0.3, -0.25) is 4.79 Å². The standard InChI is InChI=1S/C8H10F6N2O/c9-7(10,11)5(8(12,13)14)6(17)16-4-1-3(15)2-4/h3-5H,1-2,15H2,(H,16,17). The Balaban J connectivity index is 2.68. The number of nitrogens with one attached hydrogen (secondary N) is 1. The van der Waals surface area contributed by atoms with Crippen molar-refractivity contribution >= 4 is 5.91 Å². The molecule has 3 N–H and O–H groups in total. The van der Waals surface area contributed by atoms with Gasteiger partial charge in [0.2, 0.25) is 11.8 Å². The van der Waals surface area contributed by atoms with E-state index in [-0.39, 0.29) is 18.9 Å². The second-order valence-electron chi connectivity index (χ2n) is 3.95. The lowest BCUT2D eigenvalue weighted by Gasteiger charge is -2.34. The van der Waals surface area contributed by atoms with Crippen LogP contribution in [-0.2, 0) is 4.79 Å². The number of rotatable bonds is 2. The van der Waals surface area contributed by atoms with Crippen molar-refractivity contribution in [1.29, 1.82) is 0 Å². The number of nitrogens with two attached hydrogens (primary N) is 1. The molecule has 0 saturated heterocycles. The molecule has 1 amide bonds. The lowest BCUT2D eigenvalue weighted by atomic mass is 9.87. The van der Waals surface area contributed by atoms with E-state index in [0.717, 1.165) is 0 Å². The highest BCUT2D eigenvalue weighted by Crippen LogP contribution is 2.39. The van der Waals surface area contributed by atoms with E-state index in [4.69, 9.17) is 5.73 Å². The summed E-state index contributed by atoms with van der Waals surface area (Å²) in [6.07, 6.45) is -10.9. The molecule has 1 saturated carbocycles. The van der Waals surface area contributed by atoms with Gasteiger partial charge in [-0.25, -0.2) is 0 Å². The second-order valence-corrected chi connectivity index (χ2v) is 3.95. The van der Waals surface area contributed by atoms with Crippen LogP contribution in [0.2, 0.25) is 0 Å². The van der Waals surface area contributed by atoms with Crippen LogP contribution < -0.4 is 11.1 Å². The first kappa shape index (κ1) is 14.1. The van der Waals surface area contributed by atoms with Crippen LogP contribution in [0.5, 0.6) is 0 Å². The number of alkyl halides is 6. The van der Waals surface area contributed by atoms with Gasteiger partial charge in [0.15, 0.2) is 0 Å². The molecule has 1 fully saturated rings. The van der Waals surface area contributed by atoms with E-state index in [1.54, 1.807) is 5.32 Å². The van der Waals surface area contributed by atoms with Crippen molar-refractivity contribution in [2.45, 2.75) is 37.3 Å². The van der Waals surface area contributed by atoms with Crippen LogP contribution in [0.4, 0.5) is 26.3 Å². The van der Waals surface area contributed by atoms with Crippen LogP contribution in [-0.4, -0.2) is 30.3 Å². The first-order valence-electron chi connectivity index (χ1n) is 4.71. The van der Waals surface area contributed by atoms with Crippen molar-refractivity contribution in [2.24, 2.45) is 11.7 Å². The minimum Gasteiger partial charge on any atom is -0.352 e. The number of carbonyl (C=O) groups is 1. The van der Waals surface area contributed by atoms with Crippen LogP contribution in [0.15, 0.2) is 0 Å². The highest BCUT2D eigenvalue weighted by atomic mass is 19.4. The Hall–Kier alpha value is -0.990. The Morgan fingerprint density at radius 3 is 1.82 bits per heavy atom. The molecule has 0 radical (unpaired) electrons. The maximum Gasteiger partial charge on any atom is 0.409 e. The van der Waals surface area contributed by atoms with Gasteiger partial charge in [-0.05, 0) is 12.8 Å². The fourth-order valence-corrected chi connectivity index (χ4v) is 1.55. The van der Waals surface area contributed by atoms with E-state index >= 15 is 0 Å². The van der Waals surface area contributed by atoms with Crippen LogP contribution >= 0.6 is 0 Å². The highest BCUT2D eigenvalue weighted by molar-refractivity contribution is 5.80. The molecular weight excluding hydrogens is 254 g/mol. The maximum absolute atomic E-state index is 12.1. The molecule has 0 aromatic carbocycles. The Kier molecular flexibility index (Phi) is 3.60. The first-order chi connectivity index (χ1) is 7.51. The molecule has 100 valence electrons. The van der Waals surface area contributed by atoms with Gasteiger partial charge in [0.05, 0.1) is 0 Å². The molecule has 3 nitrogen and oxygen atoms in total. The fraction of sp³-hybridized carbons (Fsp3) is 0.875. The SMILES string of the molecule is NC1CC(NC(=O)C(C(F)(F)F)C(F)(F)F)C1. The molecule has 0 aliphatic heterocycles. The lowest BCUT2D eigenvalue weighted by molar-refractivity contribution is -0.274. The number of carbonyl (C=O) groups excluding carboxylic acids is 1. The Labute approximate surface area is 92.3 Å². The predicted octanol–water partition coefficient (Wildman–Crippen LogP) is 1.33. The molecule has 0 aromatic rings. The molecule has 9 heteroatoms. The third kappa shape index (κ3) is 3.48. The topological polar surface area (TPSA) is 55.1 Å². The number of amides is 1. The minimum atomic E-state index is -5.64. The van der Waals surface area contributed by atoms with Gasteiger partial charge in [0.25, 0.3) is 0 Å². The van der Waals surface area contributed by atoms with Gasteiger partial charge in [-0.15, -0.1) is 0 Å². The maximum atomic E-state index is 12.1. The van der Waals surface area contributed by atoms with Gasteiger partial charge in [0.1, 0.15) is 0 Å². The lowest BCUT2D eigenvalue weighted by Crippen LogP contribution is -2.55. The summed E-state index contributed by atoms with van der Waals surface area (Å²) in [5, 5.41) is 1.70. The molecule has 1 aliphatic carbocycles. The smallest absolute Gasteiger partial charge is 0.352 e. The van der Waals surface area contributed by atoms with Gasteiger partial charge < -0.3 is 11.1 Å². The third-order valence-electron chi connectivity index (χ3n) is 2.44. The summed E-state index contributed by atoms with van der Waals surface area (Å²) in [6, 6.07) is -0.986. The number of hydrogen-bond donors (Lipinski definition) is 2. The second kappa shape index (κ2) is 4.35. The van der Waals surface area contributed by atoms with E-state index in [9.17, 15) is 31.1 Å². The zero-order chi connectivity index (χ0) is 13.4. The van der Waals surface area contributed by atoms with Crippen molar-refractivity contribution in [3.63, 3.8) is 0 Å². The molecule has 0 spiro atoms. The summed E-state index contributed by atoms with van der Waals surface area (Å²) in [4.78, 5) is 11.0. The number of halogens is 6. The summed E-state index contributed by atoms with van der Waals surface area (Å²) < 4.78 is 72.7. The van der Waals surface area contributed by atoms with Crippen molar-refractivity contribution in [1.82, 2.24) is 5.32 Å². The van der Waals surface area contributed by atoms with Crippen molar-refractivity contribution < 1.29 is 31.1 Å². The molecule has 1 rings (SSSR count). The van der Waals surface area contributed by atoms with E-state index in [0.29, 0.717) is 0 Å². The van der Waals surface area contributed by atoms with Crippen LogP contribution in [0.3, 0.4) is 0 Å². The molecule has 0 aromatic heterocycles. The predicted molar refractivity (Wildman–Crippen MR) is 44.7 cm³/mol. The number of hydrogen-bond acceptors (Lipinski definition) is 2. The van der Waals surface area contributed by atoms with E-state index in [1.165, 1.54) is 0 Å². The molecule has 0 heterocycles. The van der Waals surface area contributed by atoms with Crippen molar-refractivity contribution in [2.75, 3.05) is 0 Å². The van der Waals surface area contributed by atoms with Gasteiger partial charge in [0, 0.05) is 12.1 Å². The molecule has 0 bridgehead atoms. The van der Waals surface area contributed by atoms with Crippen molar-refractivity contribution in [3.05, 3.63) is 0 Å². The summed E-state index contributed by atoms with van der Waals surface area (Å²) in [7, 11) is 0. The van der Waals surface area contributed by atoms with E-state index < -0.39 is 30.2 Å². The average molecular weight is 264 g/mol. The molecule has 1 aliphatic rings. The van der Waals surface area contributed by atoms with Gasteiger partial charge in [-0.2, -0.15) is 26.3 Å². The normalized spacial score (nSPS) is 25.6. The zero-order valence-electron chi connectivity index (χ0n) is 8.40. The molecule has 0 atom stereocenters. The molecule has 0 unspecified atom stereocenters. The fourth-order valence-electron chi connectivity index (χ4n) is 1.55. The highest BCUT2D eigenvalue weighted by Gasteiger charge is 2.61. The average Bonchev–Trinajstić information content (AvgIpc) is 1.94. The Morgan fingerprint density at radius 1 is 1.12 bits per heavy atom. The quantitative estimate of drug-likeness (QED) is 0.739. The third-order valence-corrected chi connectivity index (χ3v) is 2.44. The molecule has 17 heavy (non-hydrogen) atoms. The van der Waals surface area contributed by atoms with Gasteiger partial charge >= 0.3 is 12.4 Å².